The molecule has 0 heterocycles. The summed E-state index contributed by atoms with van der Waals surface area (Å²) in [6.45, 7) is 5.44. The van der Waals surface area contributed by atoms with Gasteiger partial charge >= 0.3 is 24.2 Å². The molecule has 0 aliphatic heterocycles. The third kappa shape index (κ3) is 8.96. The van der Waals surface area contributed by atoms with E-state index in [1.54, 1.807) is 30.3 Å². The standard InChI is InChI=1S/C34H34N2O12/c1-5-45-33(43)47-21(3)35(27-18-12-10-16-24(27)31(39)40)29(37)26(20-23-14-8-7-9-15-23)30(38)36(22(4)48-34(44)46-6-2)28-19-13-11-17-25(28)32(41)42/h7-22H,5-6H2,1-4H3,(H,39,40)(H,41,42). The summed E-state index contributed by atoms with van der Waals surface area (Å²) in [7, 11) is 0. The van der Waals surface area contributed by atoms with Crippen molar-refractivity contribution in [3.63, 3.8) is 0 Å². The third-order valence-corrected chi connectivity index (χ3v) is 6.58. The van der Waals surface area contributed by atoms with Gasteiger partial charge in [-0.15, -0.1) is 0 Å². The van der Waals surface area contributed by atoms with Crippen molar-refractivity contribution in [2.24, 2.45) is 0 Å². The van der Waals surface area contributed by atoms with Gasteiger partial charge in [0, 0.05) is 0 Å². The van der Waals surface area contributed by atoms with E-state index in [-0.39, 0.29) is 35.7 Å². The Bertz CT molecular complexity index is 1590. The summed E-state index contributed by atoms with van der Waals surface area (Å²) in [6.07, 6.45) is -4.26. The van der Waals surface area contributed by atoms with Crippen LogP contribution in [0.1, 0.15) is 54.0 Å². The smallest absolute Gasteiger partial charge is 0.478 e. The van der Waals surface area contributed by atoms with Crippen LogP contribution in [-0.2, 0) is 28.5 Å². The summed E-state index contributed by atoms with van der Waals surface area (Å²) < 4.78 is 20.3. The lowest BCUT2D eigenvalue weighted by Crippen LogP contribution is -2.49. The molecule has 252 valence electrons. The summed E-state index contributed by atoms with van der Waals surface area (Å²) in [4.78, 5) is 80.2. The number of hydrogen-bond donors (Lipinski definition) is 2. The van der Waals surface area contributed by atoms with Crippen molar-refractivity contribution in [1.29, 1.82) is 0 Å². The van der Waals surface area contributed by atoms with E-state index in [2.05, 4.69) is 0 Å². The average Bonchev–Trinajstić information content (AvgIpc) is 3.04. The minimum Gasteiger partial charge on any atom is -0.478 e. The van der Waals surface area contributed by atoms with Gasteiger partial charge in [-0.1, -0.05) is 54.6 Å². The van der Waals surface area contributed by atoms with Crippen molar-refractivity contribution in [1.82, 2.24) is 0 Å². The van der Waals surface area contributed by atoms with Crippen molar-refractivity contribution < 1.29 is 57.9 Å². The Morgan fingerprint density at radius 2 is 1.00 bits per heavy atom. The Morgan fingerprint density at radius 3 is 1.38 bits per heavy atom. The molecule has 0 aliphatic carbocycles. The molecule has 0 saturated carbocycles. The van der Waals surface area contributed by atoms with E-state index in [1.165, 1.54) is 82.3 Å². The lowest BCUT2D eigenvalue weighted by Gasteiger charge is -2.33. The van der Waals surface area contributed by atoms with Crippen LogP contribution in [0.3, 0.4) is 0 Å². The normalized spacial score (nSPS) is 11.6. The molecule has 3 aromatic carbocycles. The quantitative estimate of drug-likeness (QED) is 0.0763. The van der Waals surface area contributed by atoms with E-state index < -0.39 is 54.1 Å². The SMILES string of the molecule is CCOC(=O)OC(C)N(C(=O)C(=Cc1ccccc1)C(=O)N(c1ccccc1C(=O)O)C(C)OC(=O)OCC)c1ccccc1C(=O)O. The van der Waals surface area contributed by atoms with Gasteiger partial charge in [0.05, 0.1) is 35.7 Å². The van der Waals surface area contributed by atoms with E-state index in [0.717, 1.165) is 9.80 Å². The predicted molar refractivity (Wildman–Crippen MR) is 171 cm³/mol. The van der Waals surface area contributed by atoms with E-state index in [1.807, 2.05) is 0 Å². The minimum absolute atomic E-state index is 0.0703. The molecule has 2 atom stereocenters. The first kappa shape index (κ1) is 36.3. The molecular formula is C34H34N2O12. The Kier molecular flexibility index (Phi) is 12.8. The largest absolute Gasteiger partial charge is 0.510 e. The first-order chi connectivity index (χ1) is 22.9. The number of carboxylic acids is 2. The molecule has 2 amide bonds. The number of benzene rings is 3. The second-order valence-electron chi connectivity index (χ2n) is 9.76. The molecule has 0 aliphatic rings. The topological polar surface area (TPSA) is 186 Å². The minimum atomic E-state index is -1.54. The lowest BCUT2D eigenvalue weighted by molar-refractivity contribution is -0.122. The highest BCUT2D eigenvalue weighted by molar-refractivity contribution is 6.31. The summed E-state index contributed by atoms with van der Waals surface area (Å²) in [5.74, 6) is -5.17. The third-order valence-electron chi connectivity index (χ3n) is 6.58. The van der Waals surface area contributed by atoms with Gasteiger partial charge in [-0.2, -0.15) is 0 Å². The zero-order chi connectivity index (χ0) is 35.4. The van der Waals surface area contributed by atoms with Crippen molar-refractivity contribution >= 4 is 53.5 Å². The zero-order valence-corrected chi connectivity index (χ0v) is 26.5. The molecule has 2 N–H and O–H groups in total. The number of amides is 2. The summed E-state index contributed by atoms with van der Waals surface area (Å²) in [6, 6.07) is 18.8. The van der Waals surface area contributed by atoms with E-state index in [4.69, 9.17) is 18.9 Å². The average molecular weight is 663 g/mol. The highest BCUT2D eigenvalue weighted by Gasteiger charge is 2.38. The number of nitrogens with zero attached hydrogens (tertiary/aromatic N) is 2. The van der Waals surface area contributed by atoms with Gasteiger partial charge in [-0.25, -0.2) is 19.2 Å². The van der Waals surface area contributed by atoms with Crippen LogP contribution in [0.4, 0.5) is 21.0 Å². The van der Waals surface area contributed by atoms with Gasteiger partial charge in [0.25, 0.3) is 11.8 Å². The van der Waals surface area contributed by atoms with Gasteiger partial charge < -0.3 is 29.2 Å². The van der Waals surface area contributed by atoms with E-state index in [0.29, 0.717) is 5.56 Å². The Morgan fingerprint density at radius 1 is 0.625 bits per heavy atom. The fourth-order valence-corrected chi connectivity index (χ4v) is 4.55. The van der Waals surface area contributed by atoms with Crippen molar-refractivity contribution in [3.05, 3.63) is 101 Å². The summed E-state index contributed by atoms with van der Waals surface area (Å²) in [5, 5.41) is 19.9. The Hall–Kier alpha value is -6.18. The molecule has 3 aromatic rings. The predicted octanol–water partition coefficient (Wildman–Crippen LogP) is 5.57. The van der Waals surface area contributed by atoms with Crippen molar-refractivity contribution in [2.45, 2.75) is 40.2 Å². The van der Waals surface area contributed by atoms with Crippen molar-refractivity contribution in [3.8, 4) is 0 Å². The molecule has 2 unspecified atom stereocenters. The second kappa shape index (κ2) is 16.9. The number of anilines is 2. The number of rotatable bonds is 13. The number of para-hydroxylation sites is 2. The van der Waals surface area contributed by atoms with Gasteiger partial charge in [-0.3, -0.25) is 19.4 Å². The maximum absolute atomic E-state index is 14.7. The monoisotopic (exact) mass is 662 g/mol. The van der Waals surface area contributed by atoms with Crippen LogP contribution < -0.4 is 9.80 Å². The molecule has 0 radical (unpaired) electrons. The van der Waals surface area contributed by atoms with E-state index in [9.17, 15) is 39.0 Å². The van der Waals surface area contributed by atoms with Crippen LogP contribution in [0.25, 0.3) is 6.08 Å². The zero-order valence-electron chi connectivity index (χ0n) is 26.5. The van der Waals surface area contributed by atoms with Crippen LogP contribution >= 0.6 is 0 Å². The second-order valence-corrected chi connectivity index (χ2v) is 9.76. The molecule has 0 bridgehead atoms. The number of carboxylic acid groups (broad SMARTS) is 2. The van der Waals surface area contributed by atoms with Crippen LogP contribution in [0.15, 0.2) is 84.4 Å². The number of ether oxygens (including phenoxy) is 4. The fourth-order valence-electron chi connectivity index (χ4n) is 4.55. The molecule has 14 heteroatoms. The van der Waals surface area contributed by atoms with Crippen LogP contribution in [0.2, 0.25) is 0 Å². The number of carbonyl (C=O) groups is 6. The Labute approximate surface area is 275 Å². The molecule has 14 nitrogen and oxygen atoms in total. The Balaban J connectivity index is 2.32. The maximum atomic E-state index is 14.7. The number of aromatic carboxylic acids is 2. The molecule has 0 saturated heterocycles. The fraction of sp³-hybridized carbons (Fsp3) is 0.235. The number of hydrogen-bond acceptors (Lipinski definition) is 10. The van der Waals surface area contributed by atoms with Crippen LogP contribution in [0, 0.1) is 0 Å². The molecule has 0 aromatic heterocycles. The lowest BCUT2D eigenvalue weighted by atomic mass is 10.0. The van der Waals surface area contributed by atoms with Gasteiger partial charge in [0.1, 0.15) is 5.57 Å². The summed E-state index contributed by atoms with van der Waals surface area (Å²) in [5.41, 5.74) is -1.54. The molecule has 48 heavy (non-hydrogen) atoms. The molecular weight excluding hydrogens is 628 g/mol. The number of carbonyl (C=O) groups excluding carboxylic acids is 4. The first-order valence-corrected chi connectivity index (χ1v) is 14.7. The van der Waals surface area contributed by atoms with Gasteiger partial charge in [0.2, 0.25) is 0 Å². The van der Waals surface area contributed by atoms with E-state index >= 15 is 0 Å². The maximum Gasteiger partial charge on any atom is 0.510 e. The van der Waals surface area contributed by atoms with Crippen LogP contribution in [0.5, 0.6) is 0 Å². The van der Waals surface area contributed by atoms with Crippen LogP contribution in [-0.4, -0.2) is 71.9 Å². The first-order valence-electron chi connectivity index (χ1n) is 14.7. The molecule has 0 fully saturated rings. The van der Waals surface area contributed by atoms with Gasteiger partial charge in [-0.05, 0) is 63.6 Å². The highest BCUT2D eigenvalue weighted by Crippen LogP contribution is 2.30. The molecule has 0 spiro atoms. The summed E-state index contributed by atoms with van der Waals surface area (Å²) >= 11 is 0. The van der Waals surface area contributed by atoms with Crippen molar-refractivity contribution in [2.75, 3.05) is 23.0 Å². The molecule has 3 rings (SSSR count). The highest BCUT2D eigenvalue weighted by atomic mass is 16.7. The van der Waals surface area contributed by atoms with Gasteiger partial charge in [0.15, 0.2) is 12.5 Å².